The normalized spacial score (nSPS) is 36.6. The second kappa shape index (κ2) is 6.63. The summed E-state index contributed by atoms with van der Waals surface area (Å²) in [4.78, 5) is 12.3. The maximum Gasteiger partial charge on any atom is 0.223 e. The molecule has 0 saturated heterocycles. The molecule has 2 saturated carbocycles. The van der Waals surface area contributed by atoms with E-state index in [2.05, 4.69) is 64.1 Å². The molecule has 0 spiro atoms. The summed E-state index contributed by atoms with van der Waals surface area (Å²) >= 11 is 0. The van der Waals surface area contributed by atoms with Crippen molar-refractivity contribution in [3.8, 4) is 0 Å². The number of primary amides is 1. The number of carbonyl (C=O) groups is 1. The largest absolute Gasteiger partial charge is 0.369 e. The molecule has 136 valence electrons. The monoisotopic (exact) mass is 339 g/mol. The summed E-state index contributed by atoms with van der Waals surface area (Å²) in [6.07, 6.45) is 7.68. The van der Waals surface area contributed by atoms with Gasteiger partial charge in [-0.15, -0.1) is 0 Å². The van der Waals surface area contributed by atoms with Crippen molar-refractivity contribution in [3.63, 3.8) is 0 Å². The van der Waals surface area contributed by atoms with Crippen LogP contribution in [0.25, 0.3) is 0 Å². The molecule has 0 heterocycles. The van der Waals surface area contributed by atoms with Crippen molar-refractivity contribution in [1.29, 1.82) is 0 Å². The maximum absolute atomic E-state index is 12.3. The highest BCUT2D eigenvalue weighted by Gasteiger charge is 2.53. The van der Waals surface area contributed by atoms with Crippen LogP contribution in [-0.4, -0.2) is 5.91 Å². The van der Waals surface area contributed by atoms with Crippen LogP contribution in [0.5, 0.6) is 0 Å². The van der Waals surface area contributed by atoms with Gasteiger partial charge in [-0.25, -0.2) is 0 Å². The summed E-state index contributed by atoms with van der Waals surface area (Å²) in [7, 11) is 0. The predicted molar refractivity (Wildman–Crippen MR) is 104 cm³/mol. The fourth-order valence-electron chi connectivity index (χ4n) is 5.53. The quantitative estimate of drug-likeness (QED) is 0.750. The lowest BCUT2D eigenvalue weighted by atomic mass is 9.49. The predicted octanol–water partition coefficient (Wildman–Crippen LogP) is 5.23. The van der Waals surface area contributed by atoms with Gasteiger partial charge >= 0.3 is 0 Å². The van der Waals surface area contributed by atoms with Gasteiger partial charge in [0.15, 0.2) is 0 Å². The van der Waals surface area contributed by atoms with E-state index in [-0.39, 0.29) is 11.3 Å². The minimum Gasteiger partial charge on any atom is -0.369 e. The van der Waals surface area contributed by atoms with Crippen LogP contribution in [0.2, 0.25) is 0 Å². The molecule has 2 aliphatic carbocycles. The lowest BCUT2D eigenvalue weighted by molar-refractivity contribution is -0.131. The molecule has 2 fully saturated rings. The fraction of sp³-hybridized carbons (Fsp3) is 0.609. The average Bonchev–Trinajstić information content (AvgIpc) is 2.54. The van der Waals surface area contributed by atoms with Crippen LogP contribution in [0.4, 0.5) is 0 Å². The molecule has 0 radical (unpaired) electrons. The molecule has 2 nitrogen and oxygen atoms in total. The Bertz CT molecular complexity index is 658. The van der Waals surface area contributed by atoms with Crippen LogP contribution in [-0.2, 0) is 10.2 Å². The number of nitrogens with two attached hydrogens (primary N) is 1. The summed E-state index contributed by atoms with van der Waals surface area (Å²) in [5.41, 5.74) is 8.53. The highest BCUT2D eigenvalue weighted by atomic mass is 16.1. The van der Waals surface area contributed by atoms with E-state index in [0.717, 1.165) is 32.1 Å². The van der Waals surface area contributed by atoms with Gasteiger partial charge < -0.3 is 5.73 Å². The Kier molecular flexibility index (Phi) is 4.83. The van der Waals surface area contributed by atoms with Gasteiger partial charge in [-0.1, -0.05) is 69.7 Å². The first-order valence-electron chi connectivity index (χ1n) is 9.81. The maximum atomic E-state index is 12.3. The second-order valence-corrected chi connectivity index (χ2v) is 9.29. The van der Waals surface area contributed by atoms with Gasteiger partial charge in [0.05, 0.1) is 0 Å². The lowest BCUT2D eigenvalue weighted by Gasteiger charge is -2.55. The van der Waals surface area contributed by atoms with Crippen LogP contribution >= 0.6 is 0 Å². The molecule has 2 bridgehead atoms. The summed E-state index contributed by atoms with van der Waals surface area (Å²) in [6, 6.07) is 10.8. The van der Waals surface area contributed by atoms with Gasteiger partial charge in [0, 0.05) is 5.41 Å². The molecule has 4 unspecified atom stereocenters. The van der Waals surface area contributed by atoms with Crippen molar-refractivity contribution in [2.45, 2.75) is 65.2 Å². The Morgan fingerprint density at radius 1 is 1.24 bits per heavy atom. The van der Waals surface area contributed by atoms with E-state index in [0.29, 0.717) is 17.8 Å². The minimum absolute atomic E-state index is 0.0859. The van der Waals surface area contributed by atoms with Crippen LogP contribution in [0, 0.1) is 23.2 Å². The van der Waals surface area contributed by atoms with E-state index in [1.165, 1.54) is 5.56 Å². The van der Waals surface area contributed by atoms with Gasteiger partial charge in [-0.05, 0) is 60.8 Å². The second-order valence-electron chi connectivity index (χ2n) is 9.29. The molecule has 3 rings (SSSR count). The van der Waals surface area contributed by atoms with Crippen LogP contribution < -0.4 is 5.73 Å². The van der Waals surface area contributed by atoms with Gasteiger partial charge in [0.2, 0.25) is 5.91 Å². The van der Waals surface area contributed by atoms with Crippen LogP contribution in [0.3, 0.4) is 0 Å². The average molecular weight is 340 g/mol. The van der Waals surface area contributed by atoms with E-state index >= 15 is 0 Å². The summed E-state index contributed by atoms with van der Waals surface area (Å²) in [5, 5.41) is 0. The third kappa shape index (κ3) is 3.41. The van der Waals surface area contributed by atoms with E-state index in [4.69, 9.17) is 5.73 Å². The van der Waals surface area contributed by atoms with Crippen molar-refractivity contribution >= 4 is 5.91 Å². The SMILES string of the molecule is CC(C)C/C=C1\C(C)CC2(c3ccccc3)CC1CC(C)(C(N)=O)C2. The molecule has 2 aliphatic rings. The van der Waals surface area contributed by atoms with E-state index in [9.17, 15) is 4.79 Å². The lowest BCUT2D eigenvalue weighted by Crippen LogP contribution is -2.51. The number of allylic oxidation sites excluding steroid dienone is 2. The summed E-state index contributed by atoms with van der Waals surface area (Å²) < 4.78 is 0. The van der Waals surface area contributed by atoms with Crippen LogP contribution in [0.15, 0.2) is 42.0 Å². The number of rotatable bonds is 4. The Hall–Kier alpha value is -1.57. The molecule has 4 atom stereocenters. The third-order valence-corrected chi connectivity index (χ3v) is 6.61. The van der Waals surface area contributed by atoms with Crippen molar-refractivity contribution in [2.75, 3.05) is 0 Å². The zero-order chi connectivity index (χ0) is 18.2. The molecule has 2 N–H and O–H groups in total. The molecule has 0 aliphatic heterocycles. The van der Waals surface area contributed by atoms with Gasteiger partial charge in [0.25, 0.3) is 0 Å². The smallest absolute Gasteiger partial charge is 0.223 e. The molecule has 1 aromatic carbocycles. The minimum atomic E-state index is -0.407. The van der Waals surface area contributed by atoms with Gasteiger partial charge in [0.1, 0.15) is 0 Å². The molecular formula is C23H33NO. The van der Waals surface area contributed by atoms with Gasteiger partial charge in [-0.2, -0.15) is 0 Å². The van der Waals surface area contributed by atoms with Crippen molar-refractivity contribution in [2.24, 2.45) is 28.9 Å². The molecular weight excluding hydrogens is 306 g/mol. The number of hydrogen-bond acceptors (Lipinski definition) is 1. The summed E-state index contributed by atoms with van der Waals surface area (Å²) in [5.74, 6) is 1.60. The summed E-state index contributed by atoms with van der Waals surface area (Å²) in [6.45, 7) is 9.01. The number of benzene rings is 1. The van der Waals surface area contributed by atoms with Crippen molar-refractivity contribution < 1.29 is 4.79 Å². The molecule has 1 aromatic rings. The Labute approximate surface area is 152 Å². The number of carbonyl (C=O) groups excluding carboxylic acids is 1. The van der Waals surface area contributed by atoms with Crippen molar-refractivity contribution in [1.82, 2.24) is 0 Å². The van der Waals surface area contributed by atoms with Crippen molar-refractivity contribution in [3.05, 3.63) is 47.5 Å². The Morgan fingerprint density at radius 2 is 1.92 bits per heavy atom. The molecule has 25 heavy (non-hydrogen) atoms. The highest BCUT2D eigenvalue weighted by molar-refractivity contribution is 5.81. The number of hydrogen-bond donors (Lipinski definition) is 1. The topological polar surface area (TPSA) is 43.1 Å². The Morgan fingerprint density at radius 3 is 2.52 bits per heavy atom. The van der Waals surface area contributed by atoms with Gasteiger partial charge in [-0.3, -0.25) is 4.79 Å². The Balaban J connectivity index is 2.03. The van der Waals surface area contributed by atoms with Crippen LogP contribution in [0.1, 0.15) is 65.4 Å². The standard InChI is InChI=1S/C23H33NO/c1-16(2)10-11-20-17(3)12-23(19-8-6-5-7-9-19)14-18(20)13-22(4,15-23)21(24)25/h5-9,11,16-18H,10,12-15H2,1-4H3,(H2,24,25)/b20-11+. The first-order valence-corrected chi connectivity index (χ1v) is 9.81. The third-order valence-electron chi connectivity index (χ3n) is 6.61. The van der Waals surface area contributed by atoms with E-state index in [1.807, 2.05) is 0 Å². The number of amides is 1. The van der Waals surface area contributed by atoms with E-state index < -0.39 is 5.41 Å². The first-order chi connectivity index (χ1) is 11.8. The number of fused-ring (bicyclic) bond motifs is 2. The highest BCUT2D eigenvalue weighted by Crippen LogP contribution is 2.59. The van der Waals surface area contributed by atoms with E-state index in [1.54, 1.807) is 5.57 Å². The molecule has 0 aromatic heterocycles. The zero-order valence-corrected chi connectivity index (χ0v) is 16.2. The fourth-order valence-corrected chi connectivity index (χ4v) is 5.53. The zero-order valence-electron chi connectivity index (χ0n) is 16.2. The molecule has 1 amide bonds. The molecule has 2 heteroatoms. The first kappa shape index (κ1) is 18.2.